The van der Waals surface area contributed by atoms with Crippen LogP contribution in [0.4, 0.5) is 19.0 Å². The van der Waals surface area contributed by atoms with Gasteiger partial charge in [0, 0.05) is 31.3 Å². The molecule has 0 atom stereocenters. The van der Waals surface area contributed by atoms with Crippen LogP contribution in [0.15, 0.2) is 24.4 Å². The van der Waals surface area contributed by atoms with Crippen LogP contribution in [-0.2, 0) is 0 Å². The van der Waals surface area contributed by atoms with Gasteiger partial charge in [0.05, 0.1) is 17.3 Å². The summed E-state index contributed by atoms with van der Waals surface area (Å²) in [7, 11) is 0. The Balaban J connectivity index is 2.00. The molecular weight excluding hydrogens is 365 g/mol. The summed E-state index contributed by atoms with van der Waals surface area (Å²) in [5.74, 6) is -1.99. The van der Waals surface area contributed by atoms with Crippen molar-refractivity contribution in [2.45, 2.75) is 19.8 Å². The molecule has 4 nitrogen and oxygen atoms in total. The molecular formula is C18H16ClF3N4. The molecule has 3 aromatic rings. The van der Waals surface area contributed by atoms with Crippen LogP contribution in [0.2, 0.25) is 5.15 Å². The molecule has 4 rings (SSSR count). The topological polar surface area (TPSA) is 33.4 Å². The predicted octanol–water partition coefficient (Wildman–Crippen LogP) is 4.70. The maximum Gasteiger partial charge on any atom is 0.159 e. The molecule has 0 spiro atoms. The van der Waals surface area contributed by atoms with E-state index in [1.54, 1.807) is 12.3 Å². The molecule has 0 amide bonds. The van der Waals surface area contributed by atoms with E-state index in [4.69, 9.17) is 11.6 Å². The van der Waals surface area contributed by atoms with E-state index >= 15 is 0 Å². The van der Waals surface area contributed by atoms with Crippen molar-refractivity contribution in [2.24, 2.45) is 5.92 Å². The molecule has 0 bridgehead atoms. The van der Waals surface area contributed by atoms with Crippen molar-refractivity contribution in [2.75, 3.05) is 18.0 Å². The van der Waals surface area contributed by atoms with E-state index in [1.165, 1.54) is 4.52 Å². The van der Waals surface area contributed by atoms with Gasteiger partial charge in [-0.1, -0.05) is 18.5 Å². The number of nitrogens with zero attached hydrogens (tertiary/aromatic N) is 4. The lowest BCUT2D eigenvalue weighted by Crippen LogP contribution is -2.35. The van der Waals surface area contributed by atoms with Gasteiger partial charge in [-0.2, -0.15) is 9.61 Å². The first-order valence-electron chi connectivity index (χ1n) is 8.39. The number of hydrogen-bond acceptors (Lipinski definition) is 3. The third-order valence-electron chi connectivity index (χ3n) is 4.81. The van der Waals surface area contributed by atoms with E-state index in [9.17, 15) is 13.2 Å². The molecule has 0 saturated carbocycles. The summed E-state index contributed by atoms with van der Waals surface area (Å²) >= 11 is 6.33. The van der Waals surface area contributed by atoms with Crippen LogP contribution in [0.1, 0.15) is 19.8 Å². The highest BCUT2D eigenvalue weighted by molar-refractivity contribution is 6.33. The summed E-state index contributed by atoms with van der Waals surface area (Å²) < 4.78 is 43.9. The monoisotopic (exact) mass is 380 g/mol. The lowest BCUT2D eigenvalue weighted by Gasteiger charge is -2.33. The van der Waals surface area contributed by atoms with Crippen LogP contribution >= 0.6 is 11.6 Å². The number of aromatic nitrogens is 3. The minimum atomic E-state index is -1.02. The van der Waals surface area contributed by atoms with Gasteiger partial charge in [0.2, 0.25) is 0 Å². The Labute approximate surface area is 153 Å². The van der Waals surface area contributed by atoms with Gasteiger partial charge in [0.15, 0.2) is 5.65 Å². The highest BCUT2D eigenvalue weighted by Gasteiger charge is 2.28. The van der Waals surface area contributed by atoms with Crippen LogP contribution in [-0.4, -0.2) is 27.7 Å². The van der Waals surface area contributed by atoms with Crippen molar-refractivity contribution in [3.05, 3.63) is 47.0 Å². The van der Waals surface area contributed by atoms with Crippen LogP contribution in [0.3, 0.4) is 0 Å². The zero-order valence-electron chi connectivity index (χ0n) is 14.0. The SMILES string of the molecule is CC1CCN(c2c(-c3c(F)cc(F)cc3F)c(Cl)nc3ccnn23)CC1. The Morgan fingerprint density at radius 3 is 2.38 bits per heavy atom. The number of halogens is 4. The largest absolute Gasteiger partial charge is 0.356 e. The molecule has 1 aromatic carbocycles. The van der Waals surface area contributed by atoms with E-state index < -0.39 is 23.0 Å². The Morgan fingerprint density at radius 2 is 1.73 bits per heavy atom. The maximum atomic E-state index is 14.5. The summed E-state index contributed by atoms with van der Waals surface area (Å²) in [5, 5.41) is 4.21. The molecule has 1 fully saturated rings. The van der Waals surface area contributed by atoms with Gasteiger partial charge in [0.25, 0.3) is 0 Å². The molecule has 1 aliphatic rings. The second kappa shape index (κ2) is 6.46. The van der Waals surface area contributed by atoms with Crippen LogP contribution in [0, 0.1) is 23.4 Å². The van der Waals surface area contributed by atoms with E-state index in [1.807, 2.05) is 4.90 Å². The first-order valence-corrected chi connectivity index (χ1v) is 8.76. The Bertz CT molecular complexity index is 957. The average Bonchev–Trinajstić information content (AvgIpc) is 3.03. The van der Waals surface area contributed by atoms with Gasteiger partial charge in [-0.15, -0.1) is 0 Å². The summed E-state index contributed by atoms with van der Waals surface area (Å²) in [5.41, 5.74) is 0.178. The lowest BCUT2D eigenvalue weighted by atomic mass is 9.98. The normalized spacial score (nSPS) is 15.8. The zero-order chi connectivity index (χ0) is 18.4. The van der Waals surface area contributed by atoms with Gasteiger partial charge in [-0.3, -0.25) is 0 Å². The number of hydrogen-bond donors (Lipinski definition) is 0. The third kappa shape index (κ3) is 2.80. The fourth-order valence-electron chi connectivity index (χ4n) is 3.41. The first-order chi connectivity index (χ1) is 12.5. The zero-order valence-corrected chi connectivity index (χ0v) is 14.8. The first kappa shape index (κ1) is 17.1. The molecule has 1 saturated heterocycles. The predicted molar refractivity (Wildman–Crippen MR) is 93.9 cm³/mol. The van der Waals surface area contributed by atoms with Gasteiger partial charge in [-0.05, 0) is 18.8 Å². The minimum absolute atomic E-state index is 0.0453. The minimum Gasteiger partial charge on any atom is -0.356 e. The van der Waals surface area contributed by atoms with Crippen molar-refractivity contribution in [3.63, 3.8) is 0 Å². The Hall–Kier alpha value is -2.28. The summed E-state index contributed by atoms with van der Waals surface area (Å²) in [6.07, 6.45) is 3.43. The number of anilines is 1. The maximum absolute atomic E-state index is 14.5. The number of fused-ring (bicyclic) bond motifs is 1. The number of piperidine rings is 1. The number of benzene rings is 1. The molecule has 0 radical (unpaired) electrons. The average molecular weight is 381 g/mol. The van der Waals surface area contributed by atoms with Gasteiger partial charge in [0.1, 0.15) is 28.4 Å². The van der Waals surface area contributed by atoms with Crippen molar-refractivity contribution in [1.29, 1.82) is 0 Å². The van der Waals surface area contributed by atoms with Crippen LogP contribution in [0.25, 0.3) is 16.8 Å². The van der Waals surface area contributed by atoms with Crippen LogP contribution in [0.5, 0.6) is 0 Å². The van der Waals surface area contributed by atoms with Crippen molar-refractivity contribution < 1.29 is 13.2 Å². The molecule has 136 valence electrons. The van der Waals surface area contributed by atoms with Crippen molar-refractivity contribution >= 4 is 23.1 Å². The Morgan fingerprint density at radius 1 is 1.08 bits per heavy atom. The standard InChI is InChI=1S/C18H16ClF3N4/c1-10-3-6-25(7-4-10)18-16(15-12(21)8-11(20)9-13(15)22)17(19)24-14-2-5-23-26(14)18/h2,5,8-10H,3-4,6-7H2,1H3. The molecule has 1 aliphatic heterocycles. The molecule has 3 heterocycles. The quantitative estimate of drug-likeness (QED) is 0.604. The summed E-state index contributed by atoms with van der Waals surface area (Å²) in [4.78, 5) is 6.20. The van der Waals surface area contributed by atoms with Gasteiger partial charge in [-0.25, -0.2) is 18.2 Å². The smallest absolute Gasteiger partial charge is 0.159 e. The number of rotatable bonds is 2. The van der Waals surface area contributed by atoms with E-state index in [0.717, 1.165) is 12.8 Å². The third-order valence-corrected chi connectivity index (χ3v) is 5.08. The van der Waals surface area contributed by atoms with Crippen molar-refractivity contribution in [3.8, 4) is 11.1 Å². The lowest BCUT2D eigenvalue weighted by molar-refractivity contribution is 0.435. The molecule has 0 unspecified atom stereocenters. The highest BCUT2D eigenvalue weighted by atomic mass is 35.5. The highest BCUT2D eigenvalue weighted by Crippen LogP contribution is 2.40. The van der Waals surface area contributed by atoms with Crippen LogP contribution < -0.4 is 4.90 Å². The fourth-order valence-corrected chi connectivity index (χ4v) is 3.67. The molecule has 8 heteroatoms. The van der Waals surface area contributed by atoms with E-state index in [-0.39, 0.29) is 10.7 Å². The van der Waals surface area contributed by atoms with Gasteiger partial charge < -0.3 is 4.90 Å². The van der Waals surface area contributed by atoms with E-state index in [0.29, 0.717) is 42.6 Å². The van der Waals surface area contributed by atoms with E-state index in [2.05, 4.69) is 17.0 Å². The Kier molecular flexibility index (Phi) is 4.26. The fraction of sp³-hybridized carbons (Fsp3) is 0.333. The summed E-state index contributed by atoms with van der Waals surface area (Å²) in [6, 6.07) is 2.96. The second-order valence-electron chi connectivity index (χ2n) is 6.62. The molecule has 0 aliphatic carbocycles. The molecule has 0 N–H and O–H groups in total. The summed E-state index contributed by atoms with van der Waals surface area (Å²) in [6.45, 7) is 3.57. The second-order valence-corrected chi connectivity index (χ2v) is 6.97. The van der Waals surface area contributed by atoms with Gasteiger partial charge >= 0.3 is 0 Å². The molecule has 26 heavy (non-hydrogen) atoms. The molecule has 2 aromatic heterocycles. The van der Waals surface area contributed by atoms with Crippen molar-refractivity contribution in [1.82, 2.24) is 14.6 Å².